The highest BCUT2D eigenvalue weighted by Gasteiger charge is 2.70. The number of fused-ring (bicyclic) bond motifs is 1. The van der Waals surface area contributed by atoms with Crippen LogP contribution >= 0.6 is 0 Å². The lowest BCUT2D eigenvalue weighted by molar-refractivity contribution is -0.176. The zero-order valence-electron chi connectivity index (χ0n) is 20.8. The molecule has 0 radical (unpaired) electrons. The molecule has 36 heavy (non-hydrogen) atoms. The maximum atomic E-state index is 13.5. The van der Waals surface area contributed by atoms with Crippen molar-refractivity contribution in [1.29, 1.82) is 0 Å². The first-order chi connectivity index (χ1) is 16.3. The van der Waals surface area contributed by atoms with Gasteiger partial charge in [-0.05, 0) is 22.7 Å². The van der Waals surface area contributed by atoms with E-state index in [-0.39, 0.29) is 29.4 Å². The number of aromatic nitrogens is 2. The number of alkyl halides is 3. The summed E-state index contributed by atoms with van der Waals surface area (Å²) in [6, 6.07) is -4.22. The highest BCUT2D eigenvalue weighted by molar-refractivity contribution is 5.96. The van der Waals surface area contributed by atoms with E-state index in [1.165, 1.54) is 34.0 Å². The Kier molecular flexibility index (Phi) is 6.56. The first-order valence-corrected chi connectivity index (χ1v) is 11.3. The van der Waals surface area contributed by atoms with Gasteiger partial charge in [0.1, 0.15) is 18.1 Å². The molecule has 2 heterocycles. The second-order valence-corrected chi connectivity index (χ2v) is 11.1. The second-order valence-electron chi connectivity index (χ2n) is 11.1. The largest absolute Gasteiger partial charge is 0.471 e. The third-order valence-electron chi connectivity index (χ3n) is 7.25. The molecule has 0 spiro atoms. The summed E-state index contributed by atoms with van der Waals surface area (Å²) in [5.41, 5.74) is 3.27. The lowest BCUT2D eigenvalue weighted by Crippen LogP contribution is -2.61. The lowest BCUT2D eigenvalue weighted by atomic mass is 9.85. The van der Waals surface area contributed by atoms with Crippen LogP contribution in [0.2, 0.25) is 0 Å². The molecule has 200 valence electrons. The molecule has 1 aromatic heterocycles. The van der Waals surface area contributed by atoms with E-state index in [1.807, 2.05) is 13.8 Å². The van der Waals surface area contributed by atoms with Crippen molar-refractivity contribution in [3.05, 3.63) is 22.1 Å². The topological polar surface area (TPSA) is 159 Å². The molecular formula is C22H31F3N6O5. The van der Waals surface area contributed by atoms with Gasteiger partial charge in [0.2, 0.25) is 17.7 Å². The Balaban J connectivity index is 1.92. The molecule has 1 aliphatic heterocycles. The second kappa shape index (κ2) is 8.66. The number of rotatable bonds is 6. The van der Waals surface area contributed by atoms with E-state index in [2.05, 4.69) is 10.4 Å². The number of amides is 4. The standard InChI is InChI=1S/C22H31F3N6O5/c1-20(2,3)14(29-19(36)22(23,24)25)18(35)31-8-10-11(21(10,4)5)13(31)16(33)28-12(15(26)32)9-7-27-30(6)17(9)34/h7,10-14,27H,8H2,1-6H3,(H2,26,32)(H,28,33)(H,29,36)/t10-,11-,12?,13-,14?/m0/s1. The summed E-state index contributed by atoms with van der Waals surface area (Å²) in [4.78, 5) is 64.2. The van der Waals surface area contributed by atoms with Crippen LogP contribution in [-0.2, 0) is 26.2 Å². The van der Waals surface area contributed by atoms with Crippen LogP contribution in [0.3, 0.4) is 0 Å². The number of nitrogens with one attached hydrogen (secondary N) is 3. The van der Waals surface area contributed by atoms with Gasteiger partial charge in [0.05, 0.1) is 5.56 Å². The number of carbonyl (C=O) groups is 4. The van der Waals surface area contributed by atoms with Gasteiger partial charge in [0, 0.05) is 19.8 Å². The fourth-order valence-corrected chi connectivity index (χ4v) is 5.06. The van der Waals surface area contributed by atoms with Crippen LogP contribution in [0.15, 0.2) is 11.0 Å². The van der Waals surface area contributed by atoms with Crippen LogP contribution in [-0.4, -0.2) is 63.1 Å². The van der Waals surface area contributed by atoms with Crippen molar-refractivity contribution in [1.82, 2.24) is 25.3 Å². The summed E-state index contributed by atoms with van der Waals surface area (Å²) in [6.45, 7) is 8.35. The van der Waals surface area contributed by atoms with Gasteiger partial charge < -0.3 is 26.4 Å². The molecule has 11 nitrogen and oxygen atoms in total. The third kappa shape index (κ3) is 4.72. The number of hydrogen-bond donors (Lipinski definition) is 4. The predicted molar refractivity (Wildman–Crippen MR) is 120 cm³/mol. The number of hydrogen-bond acceptors (Lipinski definition) is 5. The van der Waals surface area contributed by atoms with Crippen LogP contribution in [0.4, 0.5) is 13.2 Å². The SMILES string of the molecule is Cn1[nH]cc(C(NC(=O)[C@@H]2[C@@H]3[C@H](CN2C(=O)C(NC(=O)C(F)(F)F)C(C)(C)C)C3(C)C)C(N)=O)c1=O. The number of aryl methyl sites for hydroxylation is 1. The molecule has 0 aromatic carbocycles. The minimum atomic E-state index is -5.20. The summed E-state index contributed by atoms with van der Waals surface area (Å²) >= 11 is 0. The van der Waals surface area contributed by atoms with Crippen molar-refractivity contribution in [2.24, 2.45) is 35.4 Å². The van der Waals surface area contributed by atoms with Gasteiger partial charge in [-0.2, -0.15) is 13.2 Å². The quantitative estimate of drug-likeness (QED) is 0.416. The number of aromatic amines is 1. The Morgan fingerprint density at radius 1 is 1.17 bits per heavy atom. The first kappa shape index (κ1) is 27.3. The van der Waals surface area contributed by atoms with Crippen LogP contribution in [0.1, 0.15) is 46.2 Å². The Hall–Kier alpha value is -3.32. The number of piperidine rings is 1. The Labute approximate surface area is 204 Å². The van der Waals surface area contributed by atoms with Crippen molar-refractivity contribution in [3.8, 4) is 0 Å². The van der Waals surface area contributed by atoms with Gasteiger partial charge in [-0.15, -0.1) is 0 Å². The van der Waals surface area contributed by atoms with E-state index in [9.17, 15) is 37.1 Å². The van der Waals surface area contributed by atoms with Gasteiger partial charge in [0.15, 0.2) is 0 Å². The highest BCUT2D eigenvalue weighted by Crippen LogP contribution is 2.65. The molecule has 0 bridgehead atoms. The van der Waals surface area contributed by atoms with Gasteiger partial charge in [-0.25, -0.2) is 0 Å². The third-order valence-corrected chi connectivity index (χ3v) is 7.25. The molecular weight excluding hydrogens is 485 g/mol. The summed E-state index contributed by atoms with van der Waals surface area (Å²) in [5.74, 6) is -5.36. The molecule has 2 aliphatic rings. The van der Waals surface area contributed by atoms with Crippen LogP contribution in [0.5, 0.6) is 0 Å². The maximum absolute atomic E-state index is 13.5. The van der Waals surface area contributed by atoms with E-state index < -0.39 is 58.9 Å². The summed E-state index contributed by atoms with van der Waals surface area (Å²) in [6.07, 6.45) is -3.98. The molecule has 2 fully saturated rings. The molecule has 1 aliphatic carbocycles. The summed E-state index contributed by atoms with van der Waals surface area (Å²) < 4.78 is 39.9. The van der Waals surface area contributed by atoms with Gasteiger partial charge >= 0.3 is 12.1 Å². The molecule has 5 atom stereocenters. The normalized spacial score (nSPS) is 24.5. The van der Waals surface area contributed by atoms with Gasteiger partial charge in [-0.1, -0.05) is 34.6 Å². The molecule has 1 aromatic rings. The smallest absolute Gasteiger partial charge is 0.368 e. The molecule has 5 N–H and O–H groups in total. The minimum absolute atomic E-state index is 0.0796. The van der Waals surface area contributed by atoms with E-state index in [1.54, 1.807) is 5.32 Å². The highest BCUT2D eigenvalue weighted by atomic mass is 19.4. The number of nitrogens with zero attached hydrogens (tertiary/aromatic N) is 2. The van der Waals surface area contributed by atoms with Crippen molar-refractivity contribution in [2.45, 2.75) is 58.9 Å². The van der Waals surface area contributed by atoms with Crippen molar-refractivity contribution < 1.29 is 32.3 Å². The molecule has 4 amide bonds. The average Bonchev–Trinajstić information content (AvgIpc) is 3.05. The number of H-pyrrole nitrogens is 1. The lowest BCUT2D eigenvalue weighted by Gasteiger charge is -2.37. The zero-order chi connectivity index (χ0) is 27.5. The Bertz CT molecular complexity index is 1150. The van der Waals surface area contributed by atoms with E-state index >= 15 is 0 Å². The molecule has 1 saturated heterocycles. The fraction of sp³-hybridized carbons (Fsp3) is 0.682. The van der Waals surface area contributed by atoms with Crippen molar-refractivity contribution >= 4 is 23.6 Å². The summed E-state index contributed by atoms with van der Waals surface area (Å²) in [5, 5.41) is 6.80. The van der Waals surface area contributed by atoms with Gasteiger partial charge in [-0.3, -0.25) is 28.7 Å². The van der Waals surface area contributed by atoms with Gasteiger partial charge in [0.25, 0.3) is 5.56 Å². The van der Waals surface area contributed by atoms with E-state index in [4.69, 9.17) is 5.73 Å². The number of nitrogens with two attached hydrogens (primary N) is 1. The molecule has 14 heteroatoms. The Morgan fingerprint density at radius 2 is 1.75 bits per heavy atom. The maximum Gasteiger partial charge on any atom is 0.471 e. The minimum Gasteiger partial charge on any atom is -0.368 e. The zero-order valence-corrected chi connectivity index (χ0v) is 20.8. The Morgan fingerprint density at radius 3 is 2.19 bits per heavy atom. The number of halogens is 3. The average molecular weight is 517 g/mol. The van der Waals surface area contributed by atoms with Crippen molar-refractivity contribution in [3.63, 3.8) is 0 Å². The monoisotopic (exact) mass is 516 g/mol. The first-order valence-electron chi connectivity index (χ1n) is 11.3. The van der Waals surface area contributed by atoms with E-state index in [0.717, 1.165) is 9.58 Å². The molecule has 1 saturated carbocycles. The number of likely N-dealkylation sites (tertiary alicyclic amines) is 1. The predicted octanol–water partition coefficient (Wildman–Crippen LogP) is -0.0678. The van der Waals surface area contributed by atoms with Crippen molar-refractivity contribution in [2.75, 3.05) is 6.54 Å². The van der Waals surface area contributed by atoms with Crippen LogP contribution in [0, 0.1) is 22.7 Å². The van der Waals surface area contributed by atoms with E-state index in [0.29, 0.717) is 0 Å². The number of primary amides is 1. The van der Waals surface area contributed by atoms with Crippen LogP contribution < -0.4 is 21.9 Å². The number of carbonyl (C=O) groups excluding carboxylic acids is 4. The molecule has 3 rings (SSSR count). The summed E-state index contributed by atoms with van der Waals surface area (Å²) in [7, 11) is 1.41. The van der Waals surface area contributed by atoms with Crippen LogP contribution in [0.25, 0.3) is 0 Å². The fourth-order valence-electron chi connectivity index (χ4n) is 5.06. The molecule has 2 unspecified atom stereocenters.